The number of fused-ring (bicyclic) bond motifs is 2. The molecule has 0 N–H and O–H groups in total. The summed E-state index contributed by atoms with van der Waals surface area (Å²) in [5.41, 5.74) is 0.399. The summed E-state index contributed by atoms with van der Waals surface area (Å²) in [6, 6.07) is 5.34. The summed E-state index contributed by atoms with van der Waals surface area (Å²) in [7, 11) is 0. The maximum absolute atomic E-state index is 12.4. The van der Waals surface area contributed by atoms with Crippen molar-refractivity contribution in [1.82, 2.24) is 9.97 Å². The molecule has 13 heteroatoms. The van der Waals surface area contributed by atoms with E-state index in [0.717, 1.165) is 0 Å². The van der Waals surface area contributed by atoms with Gasteiger partial charge in [-0.15, -0.1) is 0 Å². The second kappa shape index (κ2) is 8.90. The van der Waals surface area contributed by atoms with Crippen molar-refractivity contribution in [3.05, 3.63) is 54.4 Å². The molecular weight excluding hydrogens is 604 g/mol. The fraction of sp³-hybridized carbons (Fsp3) is 0. The van der Waals surface area contributed by atoms with Gasteiger partial charge in [-0.25, -0.2) is 9.97 Å². The van der Waals surface area contributed by atoms with E-state index in [-0.39, 0.29) is 91.7 Å². The molecule has 5 rings (SSSR count). The summed E-state index contributed by atoms with van der Waals surface area (Å²) < 4.78 is 11.4. The van der Waals surface area contributed by atoms with Crippen LogP contribution in [0.1, 0.15) is 0 Å². The van der Waals surface area contributed by atoms with Crippen molar-refractivity contribution in [2.45, 2.75) is 0 Å². The smallest absolute Gasteiger partial charge is 0.871 e. The van der Waals surface area contributed by atoms with Crippen molar-refractivity contribution in [1.29, 1.82) is 0 Å². The van der Waals surface area contributed by atoms with Crippen LogP contribution in [0.2, 0.25) is 30.1 Å². The number of nitrogens with zero attached hydrogens (tertiary/aromatic N) is 2. The van der Waals surface area contributed by atoms with Crippen LogP contribution in [0.15, 0.2) is 33.1 Å². The van der Waals surface area contributed by atoms with Gasteiger partial charge in [0.2, 0.25) is 11.8 Å². The van der Waals surface area contributed by atoms with Crippen LogP contribution in [0, 0.1) is 0 Å². The molecule has 0 aliphatic carbocycles. The summed E-state index contributed by atoms with van der Waals surface area (Å²) in [5, 5.41) is 25.1. The third kappa shape index (κ3) is 4.00. The predicted octanol–water partition coefficient (Wildman–Crippen LogP) is 7.37. The zero-order valence-electron chi connectivity index (χ0n) is 15.4. The van der Waals surface area contributed by atoms with E-state index in [0.29, 0.717) is 0 Å². The Morgan fingerprint density at radius 1 is 0.606 bits per heavy atom. The Morgan fingerprint density at radius 3 is 1.33 bits per heavy atom. The van der Waals surface area contributed by atoms with Crippen LogP contribution >= 0.6 is 69.6 Å². The van der Waals surface area contributed by atoms with E-state index in [1.165, 1.54) is 24.3 Å². The Bertz CT molecular complexity index is 1410. The van der Waals surface area contributed by atoms with Gasteiger partial charge in [0.05, 0.1) is 0 Å². The largest absolute Gasteiger partial charge is 2.00 e. The molecule has 0 aliphatic rings. The first-order valence-corrected chi connectivity index (χ1v) is 10.8. The van der Waals surface area contributed by atoms with Crippen LogP contribution in [0.4, 0.5) is 0 Å². The molecule has 5 aromatic rings. The molecule has 0 spiro atoms. The van der Waals surface area contributed by atoms with Gasteiger partial charge in [0.1, 0.15) is 21.1 Å². The van der Waals surface area contributed by atoms with Crippen molar-refractivity contribution in [3.8, 4) is 34.4 Å². The maximum Gasteiger partial charge on any atom is 2.00 e. The number of rotatable bonds is 2. The number of hydrogen-bond acceptors (Lipinski definition) is 6. The summed E-state index contributed by atoms with van der Waals surface area (Å²) in [4.78, 5) is 8.54. The van der Waals surface area contributed by atoms with Crippen LogP contribution < -0.4 is 10.2 Å². The Hall–Kier alpha value is -1.57. The number of halogens is 6. The van der Waals surface area contributed by atoms with Gasteiger partial charge >= 0.3 is 16.5 Å². The fourth-order valence-electron chi connectivity index (χ4n) is 3.12. The van der Waals surface area contributed by atoms with Crippen molar-refractivity contribution in [3.63, 3.8) is 0 Å². The van der Waals surface area contributed by atoms with Gasteiger partial charge in [0.15, 0.2) is 11.2 Å². The van der Waals surface area contributed by atoms with Gasteiger partial charge < -0.3 is 19.0 Å². The Balaban J connectivity index is 0.00000259. The van der Waals surface area contributed by atoms with E-state index >= 15 is 0 Å². The van der Waals surface area contributed by atoms with E-state index < -0.39 is 11.5 Å². The molecule has 2 aromatic heterocycles. The molecule has 33 heavy (non-hydrogen) atoms. The number of benzene rings is 3. The third-order valence-corrected chi connectivity index (χ3v) is 6.25. The molecular formula is C20H4Cl6N2NiO4. The Labute approximate surface area is 224 Å². The van der Waals surface area contributed by atoms with E-state index in [9.17, 15) is 10.2 Å². The normalized spacial score (nSPS) is 11.3. The SMILES string of the molecule is [Ni+2].[O-]c1c(Cl)cc(Cl)cc1-c1nc2c(Cl)c3oc(-c4cc(Cl)cc(Cl)c4[O-])nc3c(Cl)c2o1. The standard InChI is InChI=1S/C20H6Cl6N2O4.Ni/c21-5-1-7(15(29)9(23)3-5)19-27-13-11(25)18-14(12(26)17(13)31-19)28-20(32-18)8-2-6(22)4-10(24)16(8)30;/h1-4,29-30H;/q;+2/p-2. The summed E-state index contributed by atoms with van der Waals surface area (Å²) in [5.74, 6) is -1.23. The molecule has 0 saturated heterocycles. The predicted molar refractivity (Wildman–Crippen MR) is 121 cm³/mol. The van der Waals surface area contributed by atoms with E-state index in [4.69, 9.17) is 78.4 Å². The minimum absolute atomic E-state index is 0. The first kappa shape index (κ1) is 24.6. The van der Waals surface area contributed by atoms with Gasteiger partial charge in [0.25, 0.3) is 0 Å². The molecule has 0 amide bonds. The third-order valence-electron chi connectivity index (χ3n) is 4.55. The zero-order chi connectivity index (χ0) is 22.9. The first-order chi connectivity index (χ1) is 15.2. The second-order valence-electron chi connectivity index (χ2n) is 6.55. The zero-order valence-corrected chi connectivity index (χ0v) is 20.9. The molecule has 0 saturated carbocycles. The van der Waals surface area contributed by atoms with Gasteiger partial charge in [-0.3, -0.25) is 0 Å². The topological polar surface area (TPSA) is 98.2 Å². The minimum atomic E-state index is -0.528. The molecule has 2 heterocycles. The number of hydrogen-bond donors (Lipinski definition) is 0. The van der Waals surface area contributed by atoms with Gasteiger partial charge in [-0.2, -0.15) is 0 Å². The van der Waals surface area contributed by atoms with E-state index in [1.807, 2.05) is 0 Å². The molecule has 0 radical (unpaired) electrons. The van der Waals surface area contributed by atoms with Crippen LogP contribution in [0.3, 0.4) is 0 Å². The molecule has 170 valence electrons. The van der Waals surface area contributed by atoms with Gasteiger partial charge in [-0.1, -0.05) is 81.1 Å². The van der Waals surface area contributed by atoms with Crippen molar-refractivity contribution in [2.24, 2.45) is 0 Å². The maximum atomic E-state index is 12.4. The molecule has 0 unspecified atom stereocenters. The molecule has 3 aromatic carbocycles. The van der Waals surface area contributed by atoms with Gasteiger partial charge in [0, 0.05) is 31.2 Å². The monoisotopic (exact) mass is 604 g/mol. The van der Waals surface area contributed by atoms with Crippen LogP contribution in [0.5, 0.6) is 11.5 Å². The summed E-state index contributed by atoms with van der Waals surface area (Å²) >= 11 is 36.8. The minimum Gasteiger partial charge on any atom is -0.871 e. The fourth-order valence-corrected chi connectivity index (χ4v) is 4.62. The van der Waals surface area contributed by atoms with Crippen LogP contribution in [-0.4, -0.2) is 9.97 Å². The van der Waals surface area contributed by atoms with Crippen molar-refractivity contribution >= 4 is 91.8 Å². The number of aromatic nitrogens is 2. The van der Waals surface area contributed by atoms with Gasteiger partial charge in [-0.05, 0) is 24.3 Å². The van der Waals surface area contributed by atoms with Crippen molar-refractivity contribution < 1.29 is 35.5 Å². The summed E-state index contributed by atoms with van der Waals surface area (Å²) in [6.07, 6.45) is 0. The molecule has 0 bridgehead atoms. The molecule has 0 aliphatic heterocycles. The molecule has 6 nitrogen and oxygen atoms in total. The molecule has 0 atom stereocenters. The first-order valence-electron chi connectivity index (χ1n) is 8.56. The van der Waals surface area contributed by atoms with Crippen molar-refractivity contribution in [2.75, 3.05) is 0 Å². The molecule has 0 fully saturated rings. The van der Waals surface area contributed by atoms with Crippen LogP contribution in [-0.2, 0) is 16.5 Å². The Morgan fingerprint density at radius 2 is 0.970 bits per heavy atom. The quantitative estimate of drug-likeness (QED) is 0.194. The second-order valence-corrected chi connectivity index (χ2v) is 8.99. The summed E-state index contributed by atoms with van der Waals surface area (Å²) in [6.45, 7) is 0. The average Bonchev–Trinajstić information content (AvgIpc) is 3.37. The number of oxazole rings is 2. The van der Waals surface area contributed by atoms with E-state index in [2.05, 4.69) is 9.97 Å². The van der Waals surface area contributed by atoms with Crippen LogP contribution in [0.25, 0.3) is 45.1 Å². The average molecular weight is 608 g/mol. The Kier molecular flexibility index (Phi) is 6.62. The van der Waals surface area contributed by atoms with E-state index in [1.54, 1.807) is 0 Å².